The molecule has 0 aliphatic rings. The third-order valence-electron chi connectivity index (χ3n) is 2.66. The van der Waals surface area contributed by atoms with Gasteiger partial charge in [-0.15, -0.1) is 0 Å². The van der Waals surface area contributed by atoms with Gasteiger partial charge in [0.1, 0.15) is 0 Å². The Hall–Kier alpha value is -1.05. The van der Waals surface area contributed by atoms with Crippen molar-refractivity contribution >= 4 is 44.7 Å². The summed E-state index contributed by atoms with van der Waals surface area (Å²) in [6.45, 7) is 3.85. The van der Waals surface area contributed by atoms with Gasteiger partial charge in [-0.25, -0.2) is 4.98 Å². The number of thioether (sulfide) groups is 1. The Balaban J connectivity index is 2.31. The molecule has 0 saturated carbocycles. The molecule has 0 saturated heterocycles. The molecular weight excluding hydrogens is 344 g/mol. The van der Waals surface area contributed by atoms with Crippen LogP contribution in [0.15, 0.2) is 27.8 Å². The second-order valence-corrected chi connectivity index (χ2v) is 5.92. The van der Waals surface area contributed by atoms with E-state index in [1.54, 1.807) is 0 Å². The van der Waals surface area contributed by atoms with Crippen molar-refractivity contribution in [2.24, 2.45) is 0 Å². The van der Waals surface area contributed by atoms with Gasteiger partial charge in [0.15, 0.2) is 5.16 Å². The van der Waals surface area contributed by atoms with Crippen molar-refractivity contribution in [3.8, 4) is 0 Å². The molecule has 0 atom stereocenters. The van der Waals surface area contributed by atoms with Crippen LogP contribution in [0.1, 0.15) is 6.92 Å². The number of imidazole rings is 1. The number of carboxylic acid groups (broad SMARTS) is 1. The van der Waals surface area contributed by atoms with Gasteiger partial charge in [-0.05, 0) is 25.1 Å². The molecule has 0 fully saturated rings. The summed E-state index contributed by atoms with van der Waals surface area (Å²) in [5.41, 5.74) is 1.84. The number of hydrogen-bond acceptors (Lipinski definition) is 4. The Morgan fingerprint density at radius 3 is 3.05 bits per heavy atom. The molecule has 0 radical (unpaired) electrons. The van der Waals surface area contributed by atoms with Crippen LogP contribution in [-0.2, 0) is 16.1 Å². The number of hydrogen-bond donors (Lipinski definition) is 1. The van der Waals surface area contributed by atoms with Crippen LogP contribution in [-0.4, -0.2) is 39.6 Å². The van der Waals surface area contributed by atoms with E-state index in [1.165, 1.54) is 11.8 Å². The Morgan fingerprint density at radius 2 is 2.35 bits per heavy atom. The molecule has 2 aromatic rings. The predicted molar refractivity (Wildman–Crippen MR) is 82.3 cm³/mol. The summed E-state index contributed by atoms with van der Waals surface area (Å²) in [5.74, 6) is -0.848. The van der Waals surface area contributed by atoms with E-state index in [0.717, 1.165) is 15.5 Å². The molecule has 0 bridgehead atoms. The van der Waals surface area contributed by atoms with Crippen LogP contribution in [0.3, 0.4) is 0 Å². The molecule has 7 heteroatoms. The highest BCUT2D eigenvalue weighted by Gasteiger charge is 2.12. The lowest BCUT2D eigenvalue weighted by Crippen LogP contribution is -2.08. The first-order valence-electron chi connectivity index (χ1n) is 6.20. The Kier molecular flexibility index (Phi) is 5.45. The van der Waals surface area contributed by atoms with E-state index in [1.807, 2.05) is 29.7 Å². The van der Waals surface area contributed by atoms with Crippen LogP contribution < -0.4 is 0 Å². The monoisotopic (exact) mass is 358 g/mol. The van der Waals surface area contributed by atoms with E-state index < -0.39 is 5.97 Å². The second kappa shape index (κ2) is 7.10. The number of carboxylic acids is 1. The number of aromatic nitrogens is 2. The van der Waals surface area contributed by atoms with Gasteiger partial charge in [-0.1, -0.05) is 27.7 Å². The van der Waals surface area contributed by atoms with Gasteiger partial charge in [0, 0.05) is 17.6 Å². The zero-order chi connectivity index (χ0) is 14.5. The van der Waals surface area contributed by atoms with E-state index in [0.29, 0.717) is 24.9 Å². The van der Waals surface area contributed by atoms with Gasteiger partial charge in [0.25, 0.3) is 0 Å². The van der Waals surface area contributed by atoms with E-state index >= 15 is 0 Å². The molecule has 2 rings (SSSR count). The lowest BCUT2D eigenvalue weighted by atomic mass is 10.3. The van der Waals surface area contributed by atoms with Gasteiger partial charge < -0.3 is 14.4 Å². The third kappa shape index (κ3) is 3.74. The maximum atomic E-state index is 10.7. The summed E-state index contributed by atoms with van der Waals surface area (Å²) in [4.78, 5) is 15.2. The minimum absolute atomic E-state index is 0.000867. The van der Waals surface area contributed by atoms with Crippen molar-refractivity contribution in [2.45, 2.75) is 18.6 Å². The fraction of sp³-hybridized carbons (Fsp3) is 0.385. The summed E-state index contributed by atoms with van der Waals surface area (Å²) in [5, 5.41) is 9.52. The molecule has 20 heavy (non-hydrogen) atoms. The summed E-state index contributed by atoms with van der Waals surface area (Å²) in [6, 6.07) is 5.85. The molecule has 1 N–H and O–H groups in total. The van der Waals surface area contributed by atoms with Gasteiger partial charge in [0.05, 0.1) is 23.4 Å². The topological polar surface area (TPSA) is 64.3 Å². The lowest BCUT2D eigenvalue weighted by Gasteiger charge is -2.08. The highest BCUT2D eigenvalue weighted by Crippen LogP contribution is 2.26. The van der Waals surface area contributed by atoms with Crippen molar-refractivity contribution in [3.05, 3.63) is 22.7 Å². The van der Waals surface area contributed by atoms with Crippen LogP contribution in [0.4, 0.5) is 0 Å². The molecule has 1 heterocycles. The third-order valence-corrected chi connectivity index (χ3v) is 4.12. The van der Waals surface area contributed by atoms with Crippen molar-refractivity contribution in [1.82, 2.24) is 9.55 Å². The van der Waals surface area contributed by atoms with Crippen LogP contribution in [0, 0.1) is 0 Å². The predicted octanol–water partition coefficient (Wildman–Crippen LogP) is 3.01. The van der Waals surface area contributed by atoms with Crippen molar-refractivity contribution in [3.63, 3.8) is 0 Å². The average Bonchev–Trinajstić information content (AvgIpc) is 2.74. The normalized spacial score (nSPS) is 11.1. The summed E-state index contributed by atoms with van der Waals surface area (Å²) in [7, 11) is 0. The number of ether oxygens (including phenoxy) is 1. The molecule has 0 aliphatic carbocycles. The SMILES string of the molecule is CCOCCn1c(SCC(=O)O)nc2cc(Br)ccc21. The minimum Gasteiger partial charge on any atom is -0.481 e. The zero-order valence-electron chi connectivity index (χ0n) is 11.0. The summed E-state index contributed by atoms with van der Waals surface area (Å²) in [6.07, 6.45) is 0. The van der Waals surface area contributed by atoms with E-state index in [2.05, 4.69) is 20.9 Å². The molecule has 1 aromatic heterocycles. The van der Waals surface area contributed by atoms with Crippen molar-refractivity contribution in [1.29, 1.82) is 0 Å². The number of carbonyl (C=O) groups is 1. The number of fused-ring (bicyclic) bond motifs is 1. The van der Waals surface area contributed by atoms with Crippen molar-refractivity contribution in [2.75, 3.05) is 19.0 Å². The molecule has 0 spiro atoms. The van der Waals surface area contributed by atoms with Gasteiger partial charge in [-0.3, -0.25) is 4.79 Å². The fourth-order valence-corrected chi connectivity index (χ4v) is 2.94. The first kappa shape index (κ1) is 15.3. The minimum atomic E-state index is -0.848. The molecule has 0 aliphatic heterocycles. The maximum absolute atomic E-state index is 10.7. The Labute approximate surface area is 129 Å². The van der Waals surface area contributed by atoms with Crippen LogP contribution in [0.25, 0.3) is 11.0 Å². The number of rotatable bonds is 7. The van der Waals surface area contributed by atoms with Gasteiger partial charge >= 0.3 is 5.97 Å². The zero-order valence-corrected chi connectivity index (χ0v) is 13.4. The first-order valence-corrected chi connectivity index (χ1v) is 7.97. The van der Waals surface area contributed by atoms with E-state index in [-0.39, 0.29) is 5.75 Å². The Morgan fingerprint density at radius 1 is 1.55 bits per heavy atom. The molecule has 0 unspecified atom stereocenters. The summed E-state index contributed by atoms with van der Waals surface area (Å²) >= 11 is 4.64. The average molecular weight is 359 g/mol. The highest BCUT2D eigenvalue weighted by atomic mass is 79.9. The highest BCUT2D eigenvalue weighted by molar-refractivity contribution is 9.10. The molecule has 5 nitrogen and oxygen atoms in total. The van der Waals surface area contributed by atoms with Crippen molar-refractivity contribution < 1.29 is 14.6 Å². The number of aliphatic carboxylic acids is 1. The van der Waals surface area contributed by atoms with Gasteiger partial charge in [0.2, 0.25) is 0 Å². The Bertz CT molecular complexity index is 615. The largest absolute Gasteiger partial charge is 0.481 e. The molecule has 108 valence electrons. The molecular formula is C13H15BrN2O3S. The first-order chi connectivity index (χ1) is 9.61. The van der Waals surface area contributed by atoms with E-state index in [9.17, 15) is 4.79 Å². The summed E-state index contributed by atoms with van der Waals surface area (Å²) < 4.78 is 8.33. The van der Waals surface area contributed by atoms with Crippen LogP contribution in [0.2, 0.25) is 0 Å². The van der Waals surface area contributed by atoms with E-state index in [4.69, 9.17) is 9.84 Å². The lowest BCUT2D eigenvalue weighted by molar-refractivity contribution is -0.133. The smallest absolute Gasteiger partial charge is 0.313 e. The quantitative estimate of drug-likeness (QED) is 0.608. The number of nitrogens with zero attached hydrogens (tertiary/aromatic N) is 2. The standard InChI is InChI=1S/C13H15BrN2O3S/c1-2-19-6-5-16-11-4-3-9(14)7-10(11)15-13(16)20-8-12(17)18/h3-4,7H,2,5-6,8H2,1H3,(H,17,18). The number of halogens is 1. The fourth-order valence-electron chi connectivity index (χ4n) is 1.83. The number of benzene rings is 1. The second-order valence-electron chi connectivity index (χ2n) is 4.06. The maximum Gasteiger partial charge on any atom is 0.313 e. The van der Waals surface area contributed by atoms with Crippen LogP contribution >= 0.6 is 27.7 Å². The van der Waals surface area contributed by atoms with Crippen LogP contribution in [0.5, 0.6) is 0 Å². The molecule has 1 aromatic carbocycles. The molecule has 0 amide bonds. The van der Waals surface area contributed by atoms with Gasteiger partial charge in [-0.2, -0.15) is 0 Å².